The fraction of sp³-hybridized carbons (Fsp3) is 0.345. The van der Waals surface area contributed by atoms with Crippen molar-refractivity contribution in [3.05, 3.63) is 89.0 Å². The van der Waals surface area contributed by atoms with Crippen LogP contribution in [0.4, 0.5) is 5.69 Å². The molecule has 0 aliphatic carbocycles. The van der Waals surface area contributed by atoms with Crippen LogP contribution in [0.25, 0.3) is 0 Å². The second-order valence-electron chi connectivity index (χ2n) is 9.64. The molecule has 1 unspecified atom stereocenters. The molecule has 0 saturated heterocycles. The van der Waals surface area contributed by atoms with Gasteiger partial charge in [-0.1, -0.05) is 61.4 Å². The van der Waals surface area contributed by atoms with E-state index in [1.54, 1.807) is 37.4 Å². The first kappa shape index (κ1) is 27.3. The minimum atomic E-state index is -3.98. The summed E-state index contributed by atoms with van der Waals surface area (Å²) in [5, 5.41) is 3.08. The van der Waals surface area contributed by atoms with Crippen LogP contribution in [0.15, 0.2) is 71.6 Å². The van der Waals surface area contributed by atoms with Crippen molar-refractivity contribution in [2.75, 3.05) is 18.0 Å². The Kier molecular flexibility index (Phi) is 8.79. The highest BCUT2D eigenvalue weighted by atomic mass is 32.2. The van der Waals surface area contributed by atoms with Crippen molar-refractivity contribution in [3.8, 4) is 5.75 Å². The molecule has 0 aliphatic heterocycles. The molecule has 1 N–H and O–H groups in total. The first-order chi connectivity index (χ1) is 17.0. The average Bonchev–Trinajstić information content (AvgIpc) is 2.82. The van der Waals surface area contributed by atoms with Gasteiger partial charge in [-0.25, -0.2) is 8.42 Å². The van der Waals surface area contributed by atoms with Gasteiger partial charge in [0.1, 0.15) is 12.3 Å². The first-order valence-corrected chi connectivity index (χ1v) is 13.5. The molecule has 1 atom stereocenters. The molecule has 7 heteroatoms. The van der Waals surface area contributed by atoms with Gasteiger partial charge in [0.15, 0.2) is 0 Å². The highest BCUT2D eigenvalue weighted by molar-refractivity contribution is 7.92. The van der Waals surface area contributed by atoms with Crippen LogP contribution in [0, 0.1) is 26.7 Å². The number of amides is 1. The lowest BCUT2D eigenvalue weighted by molar-refractivity contribution is -0.120. The third-order valence-corrected chi connectivity index (χ3v) is 7.85. The maximum absolute atomic E-state index is 13.8. The van der Waals surface area contributed by atoms with E-state index in [-0.39, 0.29) is 23.4 Å². The van der Waals surface area contributed by atoms with Crippen LogP contribution in [-0.4, -0.2) is 28.0 Å². The van der Waals surface area contributed by atoms with E-state index in [0.717, 1.165) is 28.0 Å². The summed E-state index contributed by atoms with van der Waals surface area (Å²) in [4.78, 5) is 13.5. The Morgan fingerprint density at radius 2 is 1.53 bits per heavy atom. The van der Waals surface area contributed by atoms with Gasteiger partial charge in [-0.15, -0.1) is 0 Å². The summed E-state index contributed by atoms with van der Waals surface area (Å²) in [7, 11) is -2.37. The number of ether oxygens (including phenoxy) is 1. The lowest BCUT2D eigenvalue weighted by Crippen LogP contribution is -2.42. The number of hydrogen-bond donors (Lipinski definition) is 1. The van der Waals surface area contributed by atoms with E-state index in [9.17, 15) is 13.2 Å². The number of methoxy groups -OCH3 is 1. The van der Waals surface area contributed by atoms with Crippen LogP contribution in [-0.2, 0) is 14.8 Å². The third kappa shape index (κ3) is 6.66. The van der Waals surface area contributed by atoms with Crippen molar-refractivity contribution in [3.63, 3.8) is 0 Å². The van der Waals surface area contributed by atoms with E-state index in [4.69, 9.17) is 4.74 Å². The minimum absolute atomic E-state index is 0.148. The lowest BCUT2D eigenvalue weighted by Gasteiger charge is -2.28. The number of aryl methyl sites for hydroxylation is 3. The summed E-state index contributed by atoms with van der Waals surface area (Å²) in [5.74, 6) is 0.690. The molecule has 3 aromatic rings. The summed E-state index contributed by atoms with van der Waals surface area (Å²) < 4.78 is 34.0. The fourth-order valence-electron chi connectivity index (χ4n) is 4.18. The Labute approximate surface area is 215 Å². The second kappa shape index (κ2) is 11.6. The molecular weight excluding hydrogens is 472 g/mol. The van der Waals surface area contributed by atoms with E-state index in [1.165, 1.54) is 4.31 Å². The molecule has 36 heavy (non-hydrogen) atoms. The number of carbonyl (C=O) groups excluding carboxylic acids is 1. The zero-order chi connectivity index (χ0) is 26.5. The summed E-state index contributed by atoms with van der Waals surface area (Å²) in [6.07, 6.45) is 0.715. The number of carbonyl (C=O) groups is 1. The molecule has 0 heterocycles. The molecule has 3 aromatic carbocycles. The van der Waals surface area contributed by atoms with Gasteiger partial charge in [0.2, 0.25) is 5.91 Å². The first-order valence-electron chi connectivity index (χ1n) is 12.1. The Morgan fingerprint density at radius 3 is 2.08 bits per heavy atom. The van der Waals surface area contributed by atoms with E-state index < -0.39 is 10.0 Å². The summed E-state index contributed by atoms with van der Waals surface area (Å²) in [6.45, 7) is 9.56. The summed E-state index contributed by atoms with van der Waals surface area (Å²) in [5.41, 5.74) is 4.19. The van der Waals surface area contributed by atoms with Gasteiger partial charge in [-0.3, -0.25) is 9.10 Å². The summed E-state index contributed by atoms with van der Waals surface area (Å²) >= 11 is 0. The van der Waals surface area contributed by atoms with Gasteiger partial charge in [-0.05, 0) is 74.6 Å². The molecule has 0 aliphatic rings. The number of rotatable bonds is 10. The zero-order valence-corrected chi connectivity index (χ0v) is 22.7. The van der Waals surface area contributed by atoms with Gasteiger partial charge in [-0.2, -0.15) is 0 Å². The van der Waals surface area contributed by atoms with Crippen molar-refractivity contribution >= 4 is 21.6 Å². The third-order valence-electron chi connectivity index (χ3n) is 6.08. The highest BCUT2D eigenvalue weighted by Crippen LogP contribution is 2.29. The largest absolute Gasteiger partial charge is 0.497 e. The molecule has 192 valence electrons. The van der Waals surface area contributed by atoms with Crippen LogP contribution in [0.1, 0.15) is 48.6 Å². The van der Waals surface area contributed by atoms with Crippen molar-refractivity contribution in [1.82, 2.24) is 5.32 Å². The van der Waals surface area contributed by atoms with E-state index in [2.05, 4.69) is 19.2 Å². The minimum Gasteiger partial charge on any atom is -0.497 e. The molecule has 0 aromatic heterocycles. The van der Waals surface area contributed by atoms with Gasteiger partial charge >= 0.3 is 0 Å². The maximum Gasteiger partial charge on any atom is 0.264 e. The Bertz CT molecular complexity index is 1280. The molecule has 0 fully saturated rings. The molecule has 3 rings (SSSR count). The molecule has 0 spiro atoms. The molecule has 0 bridgehead atoms. The SMILES string of the molecule is COc1ccc(C(CC(C)C)NC(=O)CN(c2ccc(C)cc2C)S(=O)(=O)c2ccc(C)cc2)cc1. The van der Waals surface area contributed by atoms with Crippen molar-refractivity contribution in [2.24, 2.45) is 5.92 Å². The van der Waals surface area contributed by atoms with E-state index in [1.807, 2.05) is 57.2 Å². The number of anilines is 1. The van der Waals surface area contributed by atoms with Crippen LogP contribution in [0.2, 0.25) is 0 Å². The number of sulfonamides is 1. The number of hydrogen-bond acceptors (Lipinski definition) is 4. The Balaban J connectivity index is 1.95. The topological polar surface area (TPSA) is 75.7 Å². The molecule has 6 nitrogen and oxygen atoms in total. The smallest absolute Gasteiger partial charge is 0.264 e. The predicted octanol–water partition coefficient (Wildman–Crippen LogP) is 5.72. The Hall–Kier alpha value is -3.32. The van der Waals surface area contributed by atoms with Crippen molar-refractivity contribution in [2.45, 2.75) is 52.0 Å². The van der Waals surface area contributed by atoms with Crippen LogP contribution >= 0.6 is 0 Å². The predicted molar refractivity (Wildman–Crippen MR) is 145 cm³/mol. The van der Waals surface area contributed by atoms with Crippen LogP contribution in [0.5, 0.6) is 5.75 Å². The molecule has 0 radical (unpaired) electrons. The quantitative estimate of drug-likeness (QED) is 0.380. The Morgan fingerprint density at radius 1 is 0.917 bits per heavy atom. The van der Waals surface area contributed by atoms with E-state index >= 15 is 0 Å². The van der Waals surface area contributed by atoms with Gasteiger partial charge in [0.05, 0.1) is 23.7 Å². The van der Waals surface area contributed by atoms with Crippen molar-refractivity contribution in [1.29, 1.82) is 0 Å². The maximum atomic E-state index is 13.8. The van der Waals surface area contributed by atoms with Crippen molar-refractivity contribution < 1.29 is 17.9 Å². The van der Waals surface area contributed by atoms with Gasteiger partial charge in [0.25, 0.3) is 10.0 Å². The number of nitrogens with zero attached hydrogens (tertiary/aromatic N) is 1. The normalized spacial score (nSPS) is 12.3. The van der Waals surface area contributed by atoms with Crippen LogP contribution in [0.3, 0.4) is 0 Å². The molecule has 0 saturated carbocycles. The van der Waals surface area contributed by atoms with Gasteiger partial charge < -0.3 is 10.1 Å². The number of nitrogens with one attached hydrogen (secondary N) is 1. The van der Waals surface area contributed by atoms with E-state index in [0.29, 0.717) is 18.0 Å². The van der Waals surface area contributed by atoms with Crippen LogP contribution < -0.4 is 14.4 Å². The fourth-order valence-corrected chi connectivity index (χ4v) is 5.66. The second-order valence-corrected chi connectivity index (χ2v) is 11.5. The number of benzene rings is 3. The molecular formula is C29H36N2O4S. The average molecular weight is 509 g/mol. The summed E-state index contributed by atoms with van der Waals surface area (Å²) in [6, 6.07) is 19.5. The van der Waals surface area contributed by atoms with Gasteiger partial charge in [0, 0.05) is 0 Å². The molecule has 1 amide bonds. The standard InChI is InChI=1S/C29H36N2O4S/c1-20(2)17-27(24-10-12-25(35-6)13-11-24)30-29(32)19-31(28-16-9-22(4)18-23(28)5)36(33,34)26-14-7-21(3)8-15-26/h7-16,18,20,27H,17,19H2,1-6H3,(H,30,32). The lowest BCUT2D eigenvalue weighted by atomic mass is 9.97. The monoisotopic (exact) mass is 508 g/mol. The highest BCUT2D eigenvalue weighted by Gasteiger charge is 2.29. The zero-order valence-electron chi connectivity index (χ0n) is 21.9.